The maximum absolute atomic E-state index is 13.0. The van der Waals surface area contributed by atoms with Gasteiger partial charge in [0.2, 0.25) is 10.0 Å². The summed E-state index contributed by atoms with van der Waals surface area (Å²) in [6.07, 6.45) is 2.23. The van der Waals surface area contributed by atoms with Crippen molar-refractivity contribution in [3.05, 3.63) is 88.3 Å². The third-order valence-corrected chi connectivity index (χ3v) is 6.78. The van der Waals surface area contributed by atoms with Crippen LogP contribution in [0.2, 0.25) is 5.02 Å². The number of halogens is 1. The molecular weight excluding hydrogens is 412 g/mol. The molecule has 29 heavy (non-hydrogen) atoms. The molecule has 0 saturated heterocycles. The zero-order valence-electron chi connectivity index (χ0n) is 15.5. The number of nitrogens with zero attached hydrogens (tertiary/aromatic N) is 1. The third-order valence-electron chi connectivity index (χ3n) is 4.90. The molecule has 8 heteroatoms. The average molecular weight is 431 g/mol. The van der Waals surface area contributed by atoms with Crippen molar-refractivity contribution in [2.45, 2.75) is 24.4 Å². The molecule has 1 amide bonds. The monoisotopic (exact) mass is 430 g/mol. The van der Waals surface area contributed by atoms with Crippen molar-refractivity contribution in [2.75, 3.05) is 6.54 Å². The second-order valence-electron chi connectivity index (χ2n) is 6.79. The Kier molecular flexibility index (Phi) is 5.45. The minimum Gasteiger partial charge on any atom is -0.468 e. The molecule has 1 N–H and O–H groups in total. The van der Waals surface area contributed by atoms with Crippen molar-refractivity contribution in [1.29, 1.82) is 0 Å². The van der Waals surface area contributed by atoms with Gasteiger partial charge in [-0.05, 0) is 47.9 Å². The highest BCUT2D eigenvalue weighted by molar-refractivity contribution is 7.89. The Balaban J connectivity index is 1.55. The molecule has 0 unspecified atom stereocenters. The van der Waals surface area contributed by atoms with Gasteiger partial charge in [0.25, 0.3) is 5.91 Å². The highest BCUT2D eigenvalue weighted by Gasteiger charge is 2.25. The van der Waals surface area contributed by atoms with Gasteiger partial charge in [-0.2, -0.15) is 0 Å². The van der Waals surface area contributed by atoms with Crippen LogP contribution in [-0.4, -0.2) is 25.8 Å². The van der Waals surface area contributed by atoms with Crippen molar-refractivity contribution < 1.29 is 17.6 Å². The van der Waals surface area contributed by atoms with E-state index in [0.717, 1.165) is 12.0 Å². The lowest BCUT2D eigenvalue weighted by atomic mass is 9.99. The lowest BCUT2D eigenvalue weighted by molar-refractivity contribution is 0.0734. The summed E-state index contributed by atoms with van der Waals surface area (Å²) in [4.78, 5) is 14.6. The number of hydrogen-bond donors (Lipinski definition) is 1. The molecule has 4 rings (SSSR count). The van der Waals surface area contributed by atoms with E-state index in [0.29, 0.717) is 18.8 Å². The Morgan fingerprint density at radius 1 is 1.10 bits per heavy atom. The van der Waals surface area contributed by atoms with Crippen LogP contribution in [0, 0.1) is 0 Å². The molecule has 0 aliphatic carbocycles. The second-order valence-corrected chi connectivity index (χ2v) is 8.94. The standard InChI is InChI=1S/C21H19ClN2O4S/c22-19-8-7-16(12-20(19)29(26,27)23-13-18-6-3-11-28-18)21(25)24-10-9-15-4-1-2-5-17(15)14-24/h1-8,11-12,23H,9-10,13-14H2. The zero-order valence-corrected chi connectivity index (χ0v) is 17.0. The SMILES string of the molecule is O=C(c1ccc(Cl)c(S(=O)(=O)NCc2ccco2)c1)N1CCc2ccccc2C1. The number of fused-ring (bicyclic) bond motifs is 1. The maximum Gasteiger partial charge on any atom is 0.254 e. The van der Waals surface area contributed by atoms with Crippen LogP contribution in [0.25, 0.3) is 0 Å². The van der Waals surface area contributed by atoms with Crippen molar-refractivity contribution in [3.8, 4) is 0 Å². The van der Waals surface area contributed by atoms with Crippen LogP contribution >= 0.6 is 11.6 Å². The quantitative estimate of drug-likeness (QED) is 0.670. The Labute approximate surface area is 174 Å². The molecular formula is C21H19ClN2O4S. The summed E-state index contributed by atoms with van der Waals surface area (Å²) in [5.74, 6) is 0.252. The van der Waals surface area contributed by atoms with Crippen molar-refractivity contribution in [2.24, 2.45) is 0 Å². The molecule has 0 atom stereocenters. The summed E-state index contributed by atoms with van der Waals surface area (Å²) in [7, 11) is -3.92. The molecule has 3 aromatic rings. The molecule has 0 radical (unpaired) electrons. The van der Waals surface area contributed by atoms with Crippen LogP contribution in [0.15, 0.2) is 70.2 Å². The molecule has 0 fully saturated rings. The number of furan rings is 1. The fraction of sp³-hybridized carbons (Fsp3) is 0.190. The summed E-state index contributed by atoms with van der Waals surface area (Å²) in [6, 6.07) is 15.7. The number of benzene rings is 2. The minimum atomic E-state index is -3.92. The predicted molar refractivity (Wildman–Crippen MR) is 109 cm³/mol. The molecule has 0 saturated carbocycles. The fourth-order valence-corrected chi connectivity index (χ4v) is 4.87. The van der Waals surface area contributed by atoms with Gasteiger partial charge < -0.3 is 9.32 Å². The first-order valence-corrected chi connectivity index (χ1v) is 11.0. The molecule has 1 aliphatic rings. The zero-order chi connectivity index (χ0) is 20.4. The first-order valence-electron chi connectivity index (χ1n) is 9.12. The van der Waals surface area contributed by atoms with Gasteiger partial charge in [-0.25, -0.2) is 13.1 Å². The van der Waals surface area contributed by atoms with Crippen LogP contribution in [0.1, 0.15) is 27.2 Å². The summed E-state index contributed by atoms with van der Waals surface area (Å²) in [5.41, 5.74) is 2.62. The highest BCUT2D eigenvalue weighted by atomic mass is 35.5. The van der Waals surface area contributed by atoms with Gasteiger partial charge in [0, 0.05) is 18.7 Å². The van der Waals surface area contributed by atoms with Crippen LogP contribution in [0.5, 0.6) is 0 Å². The van der Waals surface area contributed by atoms with Crippen LogP contribution in [0.4, 0.5) is 0 Å². The van der Waals surface area contributed by atoms with Crippen molar-refractivity contribution in [3.63, 3.8) is 0 Å². The highest BCUT2D eigenvalue weighted by Crippen LogP contribution is 2.25. The molecule has 2 heterocycles. The van der Waals surface area contributed by atoms with E-state index in [1.165, 1.54) is 24.0 Å². The van der Waals surface area contributed by atoms with Gasteiger partial charge >= 0.3 is 0 Å². The molecule has 1 aliphatic heterocycles. The Bertz CT molecular complexity index is 1140. The van der Waals surface area contributed by atoms with E-state index in [1.807, 2.05) is 18.2 Å². The van der Waals surface area contributed by atoms with Gasteiger partial charge in [0.05, 0.1) is 17.8 Å². The van der Waals surface area contributed by atoms with E-state index >= 15 is 0 Å². The van der Waals surface area contributed by atoms with Crippen LogP contribution in [0.3, 0.4) is 0 Å². The maximum atomic E-state index is 13.0. The lowest BCUT2D eigenvalue weighted by Gasteiger charge is -2.29. The topological polar surface area (TPSA) is 79.6 Å². The van der Waals surface area contributed by atoms with E-state index in [-0.39, 0.29) is 27.9 Å². The lowest BCUT2D eigenvalue weighted by Crippen LogP contribution is -2.36. The van der Waals surface area contributed by atoms with E-state index in [9.17, 15) is 13.2 Å². The normalized spacial score (nSPS) is 13.9. The molecule has 150 valence electrons. The van der Waals surface area contributed by atoms with Crippen molar-refractivity contribution >= 4 is 27.5 Å². The predicted octanol–water partition coefficient (Wildman–Crippen LogP) is 3.61. The van der Waals surface area contributed by atoms with E-state index in [2.05, 4.69) is 10.8 Å². The number of amides is 1. The summed E-state index contributed by atoms with van der Waals surface area (Å²) >= 11 is 6.13. The summed E-state index contributed by atoms with van der Waals surface area (Å²) in [5, 5.41) is 0.0532. The Morgan fingerprint density at radius 2 is 1.90 bits per heavy atom. The minimum absolute atomic E-state index is 0.00720. The number of carbonyl (C=O) groups is 1. The molecule has 2 aromatic carbocycles. The summed E-state index contributed by atoms with van der Waals surface area (Å²) < 4.78 is 33.0. The van der Waals surface area contributed by atoms with Crippen molar-refractivity contribution in [1.82, 2.24) is 9.62 Å². The van der Waals surface area contributed by atoms with Gasteiger partial charge in [0.1, 0.15) is 10.7 Å². The number of rotatable bonds is 5. The fourth-order valence-electron chi connectivity index (χ4n) is 3.35. The third kappa shape index (κ3) is 4.22. The van der Waals surface area contributed by atoms with Gasteiger partial charge in [-0.15, -0.1) is 0 Å². The van der Waals surface area contributed by atoms with Crippen LogP contribution in [-0.2, 0) is 29.5 Å². The van der Waals surface area contributed by atoms with Gasteiger partial charge in [-0.3, -0.25) is 4.79 Å². The smallest absolute Gasteiger partial charge is 0.254 e. The first-order chi connectivity index (χ1) is 13.9. The van der Waals surface area contributed by atoms with E-state index in [4.69, 9.17) is 16.0 Å². The Morgan fingerprint density at radius 3 is 2.66 bits per heavy atom. The van der Waals surface area contributed by atoms with Gasteiger partial charge in [0.15, 0.2) is 0 Å². The summed E-state index contributed by atoms with van der Waals surface area (Å²) in [6.45, 7) is 1.07. The second kappa shape index (κ2) is 8.02. The molecule has 6 nitrogen and oxygen atoms in total. The number of hydrogen-bond acceptors (Lipinski definition) is 4. The molecule has 0 bridgehead atoms. The van der Waals surface area contributed by atoms with Crippen LogP contribution < -0.4 is 4.72 Å². The molecule has 1 aromatic heterocycles. The average Bonchev–Trinajstić information content (AvgIpc) is 3.25. The van der Waals surface area contributed by atoms with E-state index in [1.54, 1.807) is 23.1 Å². The number of sulfonamides is 1. The first kappa shape index (κ1) is 19.7. The number of carbonyl (C=O) groups excluding carboxylic acids is 1. The number of nitrogens with one attached hydrogen (secondary N) is 1. The Hall–Kier alpha value is -2.61. The van der Waals surface area contributed by atoms with Gasteiger partial charge in [-0.1, -0.05) is 35.9 Å². The largest absolute Gasteiger partial charge is 0.468 e. The molecule has 0 spiro atoms. The van der Waals surface area contributed by atoms with E-state index < -0.39 is 10.0 Å².